The Morgan fingerprint density at radius 1 is 1.07 bits per heavy atom. The van der Waals surface area contributed by atoms with Gasteiger partial charge >= 0.3 is 5.69 Å². The molecule has 0 spiro atoms. The minimum Gasteiger partial charge on any atom is -0.324 e. The molecule has 0 unspecified atom stereocenters. The molecule has 2 heterocycles. The van der Waals surface area contributed by atoms with Gasteiger partial charge < -0.3 is 4.98 Å². The number of hydrogen-bond donors (Lipinski definition) is 2. The lowest BCUT2D eigenvalue weighted by Gasteiger charge is -2.12. The zero-order chi connectivity index (χ0) is 19.0. The van der Waals surface area contributed by atoms with E-state index in [9.17, 15) is 14.4 Å². The van der Waals surface area contributed by atoms with Crippen molar-refractivity contribution in [2.24, 2.45) is 0 Å². The molecule has 4 rings (SSSR count). The number of carbonyl (C=O) groups excluding carboxylic acids is 1. The maximum absolute atomic E-state index is 12.7. The summed E-state index contributed by atoms with van der Waals surface area (Å²) in [7, 11) is 0. The second-order valence-electron chi connectivity index (χ2n) is 6.09. The van der Waals surface area contributed by atoms with Crippen LogP contribution in [-0.4, -0.2) is 25.0 Å². The summed E-state index contributed by atoms with van der Waals surface area (Å²) in [6.07, 6.45) is 0. The quantitative estimate of drug-likeness (QED) is 0.576. The molecular formula is C19H17N5O3. The van der Waals surface area contributed by atoms with Crippen molar-refractivity contribution in [1.82, 2.24) is 19.1 Å². The highest BCUT2D eigenvalue weighted by Crippen LogP contribution is 2.13. The number of amides is 1. The van der Waals surface area contributed by atoms with E-state index < -0.39 is 11.6 Å². The first-order valence-electron chi connectivity index (χ1n) is 8.55. The summed E-state index contributed by atoms with van der Waals surface area (Å²) >= 11 is 0. The number of H-pyrrole nitrogens is 1. The molecule has 0 aliphatic rings. The van der Waals surface area contributed by atoms with Gasteiger partial charge in [0.05, 0.1) is 21.9 Å². The van der Waals surface area contributed by atoms with Gasteiger partial charge in [0, 0.05) is 6.54 Å². The molecule has 0 aliphatic heterocycles. The minimum atomic E-state index is -0.513. The van der Waals surface area contributed by atoms with Gasteiger partial charge in [-0.1, -0.05) is 24.3 Å². The van der Waals surface area contributed by atoms with Gasteiger partial charge in [-0.15, -0.1) is 0 Å². The SMILES string of the molecule is CCn1c(=O)c2ccccc2n(CC(=O)Nc2nc3ccccc3[nH]2)c1=O. The van der Waals surface area contributed by atoms with E-state index in [4.69, 9.17) is 0 Å². The van der Waals surface area contributed by atoms with Gasteiger partial charge in [0.2, 0.25) is 11.9 Å². The van der Waals surface area contributed by atoms with Crippen molar-refractivity contribution in [1.29, 1.82) is 0 Å². The molecule has 0 saturated carbocycles. The second-order valence-corrected chi connectivity index (χ2v) is 6.09. The van der Waals surface area contributed by atoms with Gasteiger partial charge in [0.15, 0.2) is 0 Å². The standard InChI is InChI=1S/C19H17N5O3/c1-2-23-17(26)12-7-3-6-10-15(12)24(19(23)27)11-16(25)22-18-20-13-8-4-5-9-14(13)21-18/h3-10H,2,11H2,1H3,(H2,20,21,22,25). The molecule has 1 amide bonds. The lowest BCUT2D eigenvalue weighted by Crippen LogP contribution is -2.41. The van der Waals surface area contributed by atoms with Gasteiger partial charge in [-0.25, -0.2) is 9.78 Å². The van der Waals surface area contributed by atoms with Crippen LogP contribution in [0.4, 0.5) is 5.95 Å². The first-order valence-corrected chi connectivity index (χ1v) is 8.55. The third-order valence-electron chi connectivity index (χ3n) is 4.40. The van der Waals surface area contributed by atoms with Crippen LogP contribution in [0.25, 0.3) is 21.9 Å². The van der Waals surface area contributed by atoms with Gasteiger partial charge in [-0.05, 0) is 31.2 Å². The molecule has 2 aromatic carbocycles. The van der Waals surface area contributed by atoms with E-state index in [0.29, 0.717) is 16.9 Å². The molecule has 2 aromatic heterocycles. The highest BCUT2D eigenvalue weighted by atomic mass is 16.2. The molecule has 136 valence electrons. The smallest absolute Gasteiger partial charge is 0.324 e. The Bertz CT molecular complexity index is 1250. The molecule has 0 aliphatic carbocycles. The Hall–Kier alpha value is -3.68. The third-order valence-corrected chi connectivity index (χ3v) is 4.40. The molecule has 0 fully saturated rings. The maximum atomic E-state index is 12.7. The van der Waals surface area contributed by atoms with Crippen molar-refractivity contribution < 1.29 is 4.79 Å². The zero-order valence-electron chi connectivity index (χ0n) is 14.6. The van der Waals surface area contributed by atoms with E-state index >= 15 is 0 Å². The monoisotopic (exact) mass is 363 g/mol. The van der Waals surface area contributed by atoms with Crippen LogP contribution >= 0.6 is 0 Å². The van der Waals surface area contributed by atoms with Crippen molar-refractivity contribution in [2.75, 3.05) is 5.32 Å². The predicted molar refractivity (Wildman–Crippen MR) is 103 cm³/mol. The van der Waals surface area contributed by atoms with Gasteiger partial charge in [0.25, 0.3) is 5.56 Å². The largest absolute Gasteiger partial charge is 0.331 e. The van der Waals surface area contributed by atoms with E-state index in [-0.39, 0.29) is 18.6 Å². The van der Waals surface area contributed by atoms with Gasteiger partial charge in [-0.3, -0.25) is 24.0 Å². The predicted octanol–water partition coefficient (Wildman–Crippen LogP) is 1.70. The Kier molecular flexibility index (Phi) is 4.08. The summed E-state index contributed by atoms with van der Waals surface area (Å²) < 4.78 is 2.43. The summed E-state index contributed by atoms with van der Waals surface area (Å²) in [6, 6.07) is 14.2. The molecule has 0 saturated heterocycles. The molecule has 0 atom stereocenters. The highest BCUT2D eigenvalue weighted by molar-refractivity contribution is 5.92. The van der Waals surface area contributed by atoms with Crippen LogP contribution in [0.15, 0.2) is 58.1 Å². The zero-order valence-corrected chi connectivity index (χ0v) is 14.6. The van der Waals surface area contributed by atoms with Crippen LogP contribution in [0.1, 0.15) is 6.92 Å². The van der Waals surface area contributed by atoms with Crippen LogP contribution in [-0.2, 0) is 17.9 Å². The molecule has 27 heavy (non-hydrogen) atoms. The summed E-state index contributed by atoms with van der Waals surface area (Å²) in [5.74, 6) is -0.107. The molecule has 0 bridgehead atoms. The van der Waals surface area contributed by atoms with Crippen molar-refractivity contribution in [3.63, 3.8) is 0 Å². The molecule has 8 nitrogen and oxygen atoms in total. The number of nitrogens with one attached hydrogen (secondary N) is 2. The Balaban J connectivity index is 1.71. The fraction of sp³-hybridized carbons (Fsp3) is 0.158. The summed E-state index contributed by atoms with van der Waals surface area (Å²) in [5.41, 5.74) is 1.09. The number of aromatic nitrogens is 4. The van der Waals surface area contributed by atoms with Crippen LogP contribution in [0.2, 0.25) is 0 Å². The average molecular weight is 363 g/mol. The van der Waals surface area contributed by atoms with E-state index in [0.717, 1.165) is 15.6 Å². The molecular weight excluding hydrogens is 346 g/mol. The number of hydrogen-bond acceptors (Lipinski definition) is 4. The number of para-hydroxylation sites is 3. The molecule has 0 radical (unpaired) electrons. The van der Waals surface area contributed by atoms with E-state index in [2.05, 4.69) is 15.3 Å². The van der Waals surface area contributed by atoms with Crippen LogP contribution in [0, 0.1) is 0 Å². The third kappa shape index (κ3) is 2.91. The van der Waals surface area contributed by atoms with Crippen LogP contribution in [0.5, 0.6) is 0 Å². The normalized spacial score (nSPS) is 11.1. The number of anilines is 1. The summed E-state index contributed by atoms with van der Waals surface area (Å²) in [6.45, 7) is 1.72. The maximum Gasteiger partial charge on any atom is 0.331 e. The van der Waals surface area contributed by atoms with Crippen molar-refractivity contribution in [3.05, 3.63) is 69.4 Å². The minimum absolute atomic E-state index is 0.226. The number of aromatic amines is 1. The van der Waals surface area contributed by atoms with E-state index in [1.165, 1.54) is 4.57 Å². The van der Waals surface area contributed by atoms with Gasteiger partial charge in [-0.2, -0.15) is 0 Å². The number of fused-ring (bicyclic) bond motifs is 2. The number of benzene rings is 2. The van der Waals surface area contributed by atoms with Crippen molar-refractivity contribution in [2.45, 2.75) is 20.0 Å². The lowest BCUT2D eigenvalue weighted by molar-refractivity contribution is -0.116. The van der Waals surface area contributed by atoms with E-state index in [1.807, 2.05) is 24.3 Å². The lowest BCUT2D eigenvalue weighted by atomic mass is 10.2. The fourth-order valence-corrected chi connectivity index (χ4v) is 3.13. The number of nitrogens with zero attached hydrogens (tertiary/aromatic N) is 3. The van der Waals surface area contributed by atoms with Crippen molar-refractivity contribution in [3.8, 4) is 0 Å². The highest BCUT2D eigenvalue weighted by Gasteiger charge is 2.15. The first kappa shape index (κ1) is 16.8. The number of imidazole rings is 1. The van der Waals surface area contributed by atoms with Crippen LogP contribution < -0.4 is 16.6 Å². The molecule has 8 heteroatoms. The van der Waals surface area contributed by atoms with Crippen LogP contribution in [0.3, 0.4) is 0 Å². The Morgan fingerprint density at radius 3 is 2.59 bits per heavy atom. The first-order chi connectivity index (χ1) is 13.1. The summed E-state index contributed by atoms with van der Waals surface area (Å²) in [5, 5.41) is 3.07. The number of rotatable bonds is 4. The fourth-order valence-electron chi connectivity index (χ4n) is 3.13. The summed E-state index contributed by atoms with van der Waals surface area (Å²) in [4.78, 5) is 45.0. The van der Waals surface area contributed by atoms with Crippen molar-refractivity contribution >= 4 is 33.8 Å². The molecule has 4 aromatic rings. The Labute approximate surface area is 153 Å². The second kappa shape index (κ2) is 6.56. The van der Waals surface area contributed by atoms with E-state index in [1.54, 1.807) is 31.2 Å². The Morgan fingerprint density at radius 2 is 1.81 bits per heavy atom. The molecule has 2 N–H and O–H groups in total. The van der Waals surface area contributed by atoms with Gasteiger partial charge in [0.1, 0.15) is 6.54 Å². The topological polar surface area (TPSA) is 102 Å². The average Bonchev–Trinajstić information content (AvgIpc) is 3.07. The number of carbonyl (C=O) groups is 1.